The third kappa shape index (κ3) is 72.2. The number of carbonyl (C=O) groups excluding carboxylic acids is 4. The van der Waals surface area contributed by atoms with E-state index in [1.54, 1.807) is 0 Å². The molecule has 0 rings (SSSR count). The third-order valence-electron chi connectivity index (χ3n) is 18.2. The number of aliphatic hydroxyl groups excluding tert-OH is 1. The maximum atomic E-state index is 13.1. The number of hydrogen-bond donors (Lipinski definition) is 3. The molecule has 2 unspecified atom stereocenters. The molecule has 97 heavy (non-hydrogen) atoms. The van der Waals surface area contributed by atoms with Crippen LogP contribution in [0.25, 0.3) is 0 Å². The van der Waals surface area contributed by atoms with Crippen molar-refractivity contribution in [2.75, 3.05) is 39.6 Å². The van der Waals surface area contributed by atoms with Crippen molar-refractivity contribution in [2.45, 2.75) is 426 Å². The molecule has 0 aromatic rings. The summed E-state index contributed by atoms with van der Waals surface area (Å²) in [5, 5.41) is 10.6. The Labute approximate surface area is 594 Å². The first-order valence-electron chi connectivity index (χ1n) is 40.5. The van der Waals surface area contributed by atoms with E-state index in [1.807, 2.05) is 0 Å². The van der Waals surface area contributed by atoms with Gasteiger partial charge in [-0.2, -0.15) is 0 Å². The molecular formula is C78H152O17P2. The first kappa shape index (κ1) is 95.1. The molecule has 0 aliphatic rings. The molecule has 0 aromatic carbocycles. The molecule has 19 heteroatoms. The SMILES string of the molecule is CCCCCCCCCCCCCCCCCCCCCC(=O)OC[C@H](COP(=O)(O)OC[C@@H](O)COP(=O)(O)OC[C@@H](COC(=O)CCCCCCCCCC)OC(=O)CCCCCCCCCCC(C)C)OC(=O)CCCCCCCCCCCCCCCCCCC(C)C. The summed E-state index contributed by atoms with van der Waals surface area (Å²) in [7, 11) is -9.91. The fourth-order valence-corrected chi connectivity index (χ4v) is 13.6. The Morgan fingerprint density at radius 3 is 0.701 bits per heavy atom. The zero-order valence-electron chi connectivity index (χ0n) is 63.4. The summed E-state index contributed by atoms with van der Waals surface area (Å²) in [5.41, 5.74) is 0. The van der Waals surface area contributed by atoms with Crippen LogP contribution in [0.1, 0.15) is 408 Å². The topological polar surface area (TPSA) is 237 Å². The Balaban J connectivity index is 5.18. The zero-order valence-corrected chi connectivity index (χ0v) is 65.2. The van der Waals surface area contributed by atoms with Gasteiger partial charge in [-0.1, -0.05) is 356 Å². The Morgan fingerprint density at radius 1 is 0.278 bits per heavy atom. The highest BCUT2D eigenvalue weighted by Crippen LogP contribution is 2.45. The van der Waals surface area contributed by atoms with Crippen LogP contribution in [-0.2, 0) is 65.4 Å². The van der Waals surface area contributed by atoms with Crippen LogP contribution in [0, 0.1) is 11.8 Å². The number of hydrogen-bond acceptors (Lipinski definition) is 15. The number of ether oxygens (including phenoxy) is 4. The van der Waals surface area contributed by atoms with Crippen LogP contribution >= 0.6 is 15.6 Å². The Morgan fingerprint density at radius 2 is 0.474 bits per heavy atom. The summed E-state index contributed by atoms with van der Waals surface area (Å²) in [4.78, 5) is 72.8. The quantitative estimate of drug-likeness (QED) is 0.0222. The fraction of sp³-hybridized carbons (Fsp3) is 0.949. The highest BCUT2D eigenvalue weighted by Gasteiger charge is 2.30. The number of rotatable bonds is 77. The molecule has 17 nitrogen and oxygen atoms in total. The van der Waals surface area contributed by atoms with E-state index in [0.29, 0.717) is 25.7 Å². The highest BCUT2D eigenvalue weighted by atomic mass is 31.2. The van der Waals surface area contributed by atoms with E-state index in [1.165, 1.54) is 218 Å². The van der Waals surface area contributed by atoms with Crippen molar-refractivity contribution in [3.8, 4) is 0 Å². The van der Waals surface area contributed by atoms with Gasteiger partial charge in [0.15, 0.2) is 12.2 Å². The van der Waals surface area contributed by atoms with Crippen molar-refractivity contribution in [2.24, 2.45) is 11.8 Å². The number of carbonyl (C=O) groups is 4. The summed E-state index contributed by atoms with van der Waals surface area (Å²) in [5.74, 6) is -0.590. The van der Waals surface area contributed by atoms with Gasteiger partial charge in [-0.15, -0.1) is 0 Å². The van der Waals surface area contributed by atoms with Crippen LogP contribution in [0.3, 0.4) is 0 Å². The largest absolute Gasteiger partial charge is 0.472 e. The number of unbranched alkanes of at least 4 members (excludes halogenated alkanes) is 47. The molecule has 0 aliphatic carbocycles. The molecule has 0 saturated carbocycles. The molecule has 0 aliphatic heterocycles. The normalized spacial score (nSPS) is 14.0. The summed E-state index contributed by atoms with van der Waals surface area (Å²) < 4.78 is 68.5. The maximum absolute atomic E-state index is 13.1. The minimum atomic E-state index is -4.96. The van der Waals surface area contributed by atoms with Gasteiger partial charge in [-0.25, -0.2) is 9.13 Å². The lowest BCUT2D eigenvalue weighted by atomic mass is 10.0. The van der Waals surface area contributed by atoms with Crippen molar-refractivity contribution >= 4 is 39.5 Å². The molecule has 3 N–H and O–H groups in total. The van der Waals surface area contributed by atoms with E-state index in [9.17, 15) is 43.2 Å². The van der Waals surface area contributed by atoms with Crippen molar-refractivity contribution in [1.29, 1.82) is 0 Å². The monoisotopic (exact) mass is 1420 g/mol. The lowest BCUT2D eigenvalue weighted by Gasteiger charge is -2.21. The Bertz CT molecular complexity index is 1870. The molecule has 0 amide bonds. The molecule has 0 aromatic heterocycles. The fourth-order valence-electron chi connectivity index (χ4n) is 12.0. The standard InChI is InChI=1S/C78H152O17P2/c1-7-9-11-13-15-17-18-19-20-21-22-23-27-30-33-36-43-49-55-61-76(81)89-67-74(94-77(82)62-56-50-44-37-34-31-28-25-24-26-29-32-35-40-46-52-58-70(3)4)69-93-97(86,87)91-65-72(79)64-90-96(84,85)92-68-73(66-88-75(80)60-54-48-42-16-14-12-10-8-2)95-78(83)63-57-51-45-39-38-41-47-53-59-71(5)6/h70-74,79H,7-69H2,1-6H3,(H,84,85)(H,86,87)/t72-,73+,74+/m0/s1. The van der Waals surface area contributed by atoms with Gasteiger partial charge in [0.05, 0.1) is 26.4 Å². The van der Waals surface area contributed by atoms with Crippen LogP contribution in [0.4, 0.5) is 0 Å². The minimum Gasteiger partial charge on any atom is -0.462 e. The second-order valence-electron chi connectivity index (χ2n) is 29.1. The average molecular weight is 1420 g/mol. The van der Waals surface area contributed by atoms with Crippen molar-refractivity contribution in [3.05, 3.63) is 0 Å². The van der Waals surface area contributed by atoms with Crippen molar-refractivity contribution < 1.29 is 80.2 Å². The number of esters is 4. The number of phosphoric ester groups is 2. The van der Waals surface area contributed by atoms with E-state index < -0.39 is 97.5 Å². The predicted octanol–water partition coefficient (Wildman–Crippen LogP) is 23.1. The molecule has 0 bridgehead atoms. The van der Waals surface area contributed by atoms with E-state index in [0.717, 1.165) is 108 Å². The van der Waals surface area contributed by atoms with Crippen molar-refractivity contribution in [3.63, 3.8) is 0 Å². The molecule has 0 saturated heterocycles. The first-order chi connectivity index (χ1) is 46.9. The molecule has 0 heterocycles. The molecule has 0 radical (unpaired) electrons. The molecule has 5 atom stereocenters. The van der Waals surface area contributed by atoms with Gasteiger partial charge >= 0.3 is 39.5 Å². The van der Waals surface area contributed by atoms with Crippen LogP contribution < -0.4 is 0 Å². The second kappa shape index (κ2) is 69.8. The Hall–Kier alpha value is -1.94. The van der Waals surface area contributed by atoms with Gasteiger partial charge in [0.25, 0.3) is 0 Å². The van der Waals surface area contributed by atoms with Gasteiger partial charge in [-0.3, -0.25) is 37.3 Å². The lowest BCUT2D eigenvalue weighted by molar-refractivity contribution is -0.161. The summed E-state index contributed by atoms with van der Waals surface area (Å²) in [6, 6.07) is 0. The maximum Gasteiger partial charge on any atom is 0.472 e. The van der Waals surface area contributed by atoms with E-state index >= 15 is 0 Å². The van der Waals surface area contributed by atoms with E-state index in [4.69, 9.17) is 37.0 Å². The summed E-state index contributed by atoms with van der Waals surface area (Å²) >= 11 is 0. The second-order valence-corrected chi connectivity index (χ2v) is 32.0. The van der Waals surface area contributed by atoms with Crippen LogP contribution in [0.2, 0.25) is 0 Å². The van der Waals surface area contributed by atoms with Gasteiger partial charge in [0, 0.05) is 25.7 Å². The number of aliphatic hydroxyl groups is 1. The van der Waals surface area contributed by atoms with Crippen LogP contribution in [-0.4, -0.2) is 96.7 Å². The minimum absolute atomic E-state index is 0.105. The van der Waals surface area contributed by atoms with E-state index in [-0.39, 0.29) is 25.7 Å². The highest BCUT2D eigenvalue weighted by molar-refractivity contribution is 7.47. The molecular weight excluding hydrogens is 1270 g/mol. The third-order valence-corrected chi connectivity index (χ3v) is 20.1. The van der Waals surface area contributed by atoms with Gasteiger partial charge in [0.1, 0.15) is 19.3 Å². The van der Waals surface area contributed by atoms with E-state index in [2.05, 4.69) is 41.5 Å². The summed E-state index contributed by atoms with van der Waals surface area (Å²) in [6.07, 6.45) is 58.5. The van der Waals surface area contributed by atoms with Gasteiger partial charge < -0.3 is 33.8 Å². The number of phosphoric acid groups is 2. The average Bonchev–Trinajstić information content (AvgIpc) is 1.32. The smallest absolute Gasteiger partial charge is 0.462 e. The zero-order chi connectivity index (χ0) is 71.4. The Kier molecular flexibility index (Phi) is 68.4. The first-order valence-corrected chi connectivity index (χ1v) is 43.5. The predicted molar refractivity (Wildman–Crippen MR) is 395 cm³/mol. The van der Waals surface area contributed by atoms with Crippen molar-refractivity contribution in [1.82, 2.24) is 0 Å². The summed E-state index contributed by atoms with van der Waals surface area (Å²) in [6.45, 7) is 9.57. The van der Waals surface area contributed by atoms with Gasteiger partial charge in [-0.05, 0) is 37.5 Å². The van der Waals surface area contributed by atoms with Gasteiger partial charge in [0.2, 0.25) is 0 Å². The lowest BCUT2D eigenvalue weighted by Crippen LogP contribution is -2.30. The molecule has 0 fully saturated rings. The molecule has 576 valence electrons. The molecule has 0 spiro atoms. The van der Waals surface area contributed by atoms with Crippen LogP contribution in [0.15, 0.2) is 0 Å². The van der Waals surface area contributed by atoms with Crippen LogP contribution in [0.5, 0.6) is 0 Å².